The highest BCUT2D eigenvalue weighted by Crippen LogP contribution is 2.11. The summed E-state index contributed by atoms with van der Waals surface area (Å²) in [7, 11) is 1.49. The van der Waals surface area contributed by atoms with Crippen LogP contribution in [0.1, 0.15) is 10.8 Å². The van der Waals surface area contributed by atoms with E-state index in [0.717, 1.165) is 5.01 Å². The van der Waals surface area contributed by atoms with Gasteiger partial charge in [0.05, 0.1) is 13.5 Å². The Morgan fingerprint density at radius 3 is 2.93 bits per heavy atom. The molecule has 7 heteroatoms. The predicted molar refractivity (Wildman–Crippen MR) is 55.7 cm³/mol. The number of thiazole rings is 1. The van der Waals surface area contributed by atoms with Crippen LogP contribution < -0.4 is 10.5 Å². The summed E-state index contributed by atoms with van der Waals surface area (Å²) in [6, 6.07) is 0.231. The van der Waals surface area contributed by atoms with E-state index in [-0.39, 0.29) is 12.0 Å². The van der Waals surface area contributed by atoms with Crippen LogP contribution >= 0.6 is 11.3 Å². The molecule has 0 spiro atoms. The van der Waals surface area contributed by atoms with Gasteiger partial charge in [0.2, 0.25) is 5.95 Å². The van der Waals surface area contributed by atoms with E-state index in [0.29, 0.717) is 12.2 Å². The Morgan fingerprint density at radius 2 is 2.27 bits per heavy atom. The van der Waals surface area contributed by atoms with E-state index in [4.69, 9.17) is 10.5 Å². The van der Waals surface area contributed by atoms with Gasteiger partial charge in [-0.3, -0.25) is 0 Å². The number of aromatic nitrogens is 4. The Morgan fingerprint density at radius 1 is 1.40 bits per heavy atom. The first-order chi connectivity index (χ1) is 7.28. The Labute approximate surface area is 90.2 Å². The second kappa shape index (κ2) is 4.18. The number of rotatable bonds is 3. The van der Waals surface area contributed by atoms with Crippen molar-refractivity contribution in [1.82, 2.24) is 19.9 Å². The molecule has 2 heterocycles. The topological polar surface area (TPSA) is 86.8 Å². The van der Waals surface area contributed by atoms with Gasteiger partial charge in [0.15, 0.2) is 0 Å². The fourth-order valence-electron chi connectivity index (χ4n) is 1.06. The quantitative estimate of drug-likeness (QED) is 0.815. The number of hydrogen-bond acceptors (Lipinski definition) is 7. The molecule has 0 aliphatic heterocycles. The van der Waals surface area contributed by atoms with Gasteiger partial charge in [-0.1, -0.05) is 0 Å². The normalized spacial score (nSPS) is 10.2. The van der Waals surface area contributed by atoms with Gasteiger partial charge in [-0.2, -0.15) is 15.0 Å². The molecule has 15 heavy (non-hydrogen) atoms. The van der Waals surface area contributed by atoms with Crippen LogP contribution in [-0.4, -0.2) is 27.0 Å². The van der Waals surface area contributed by atoms with Crippen LogP contribution in [-0.2, 0) is 6.42 Å². The van der Waals surface area contributed by atoms with Gasteiger partial charge in [0.25, 0.3) is 0 Å². The average Bonchev–Trinajstić information content (AvgIpc) is 2.69. The molecule has 0 amide bonds. The molecular weight excluding hydrogens is 214 g/mol. The second-order valence-corrected chi connectivity index (χ2v) is 3.68. The van der Waals surface area contributed by atoms with Crippen LogP contribution in [0.5, 0.6) is 6.01 Å². The first-order valence-electron chi connectivity index (χ1n) is 4.20. The molecule has 0 unspecified atom stereocenters. The van der Waals surface area contributed by atoms with Crippen molar-refractivity contribution in [1.29, 1.82) is 0 Å². The number of hydrogen-bond donors (Lipinski definition) is 1. The zero-order chi connectivity index (χ0) is 10.7. The highest BCUT2D eigenvalue weighted by atomic mass is 32.1. The summed E-state index contributed by atoms with van der Waals surface area (Å²) in [4.78, 5) is 16.0. The van der Waals surface area contributed by atoms with E-state index in [1.807, 2.05) is 5.38 Å². The van der Waals surface area contributed by atoms with E-state index in [2.05, 4.69) is 19.9 Å². The lowest BCUT2D eigenvalue weighted by molar-refractivity contribution is 0.377. The van der Waals surface area contributed by atoms with Gasteiger partial charge < -0.3 is 10.5 Å². The van der Waals surface area contributed by atoms with E-state index in [9.17, 15) is 0 Å². The predicted octanol–water partition coefficient (Wildman–Crippen LogP) is 0.510. The molecule has 6 nitrogen and oxygen atoms in total. The fraction of sp³-hybridized carbons (Fsp3) is 0.250. The van der Waals surface area contributed by atoms with Gasteiger partial charge in [-0.05, 0) is 0 Å². The van der Waals surface area contributed by atoms with Crippen LogP contribution in [0.2, 0.25) is 0 Å². The summed E-state index contributed by atoms with van der Waals surface area (Å²) in [5, 5.41) is 2.83. The van der Waals surface area contributed by atoms with E-state index < -0.39 is 0 Å². The first kappa shape index (κ1) is 9.78. The summed E-state index contributed by atoms with van der Waals surface area (Å²) in [6.45, 7) is 0. The Balaban J connectivity index is 2.24. The van der Waals surface area contributed by atoms with Crippen molar-refractivity contribution in [3.63, 3.8) is 0 Å². The van der Waals surface area contributed by atoms with E-state index >= 15 is 0 Å². The number of ether oxygens (including phenoxy) is 1. The van der Waals surface area contributed by atoms with Gasteiger partial charge >= 0.3 is 6.01 Å². The smallest absolute Gasteiger partial charge is 0.321 e. The Hall–Kier alpha value is -1.76. The van der Waals surface area contributed by atoms with Crippen molar-refractivity contribution >= 4 is 17.3 Å². The number of anilines is 1. The van der Waals surface area contributed by atoms with E-state index in [1.165, 1.54) is 7.11 Å². The lowest BCUT2D eigenvalue weighted by Crippen LogP contribution is -2.05. The van der Waals surface area contributed by atoms with Crippen molar-refractivity contribution in [2.75, 3.05) is 12.8 Å². The molecule has 2 N–H and O–H groups in total. The SMILES string of the molecule is COc1nc(N)nc(Cc2nccs2)n1. The van der Waals surface area contributed by atoms with Gasteiger partial charge in [0, 0.05) is 11.6 Å². The molecule has 0 fully saturated rings. The van der Waals surface area contributed by atoms with Crippen molar-refractivity contribution in [3.05, 3.63) is 22.4 Å². The molecule has 2 rings (SSSR count). The summed E-state index contributed by atoms with van der Waals surface area (Å²) < 4.78 is 4.90. The van der Waals surface area contributed by atoms with Crippen molar-refractivity contribution in [3.8, 4) is 6.01 Å². The summed E-state index contributed by atoms with van der Waals surface area (Å²) >= 11 is 1.54. The fourth-order valence-corrected chi connectivity index (χ4v) is 1.67. The zero-order valence-corrected chi connectivity index (χ0v) is 8.86. The van der Waals surface area contributed by atoms with Crippen molar-refractivity contribution in [2.24, 2.45) is 0 Å². The lowest BCUT2D eigenvalue weighted by Gasteiger charge is -2.01. The minimum Gasteiger partial charge on any atom is -0.467 e. The maximum absolute atomic E-state index is 5.50. The molecule has 0 aliphatic carbocycles. The van der Waals surface area contributed by atoms with Gasteiger partial charge in [-0.15, -0.1) is 11.3 Å². The third-order valence-electron chi connectivity index (χ3n) is 1.65. The monoisotopic (exact) mass is 223 g/mol. The maximum Gasteiger partial charge on any atom is 0.321 e. The maximum atomic E-state index is 5.50. The molecule has 0 aromatic carbocycles. The summed E-state index contributed by atoms with van der Waals surface area (Å²) in [6.07, 6.45) is 2.28. The average molecular weight is 223 g/mol. The van der Waals surface area contributed by atoms with Crippen LogP contribution in [0.25, 0.3) is 0 Å². The largest absolute Gasteiger partial charge is 0.467 e. The van der Waals surface area contributed by atoms with E-state index in [1.54, 1.807) is 17.5 Å². The Kier molecular flexibility index (Phi) is 2.72. The van der Waals surface area contributed by atoms with Crippen LogP contribution in [0, 0.1) is 0 Å². The van der Waals surface area contributed by atoms with Crippen molar-refractivity contribution in [2.45, 2.75) is 6.42 Å². The molecule has 0 atom stereocenters. The molecular formula is C8H9N5OS. The molecule has 2 aromatic heterocycles. The molecule has 0 saturated heterocycles. The van der Waals surface area contributed by atoms with Crippen LogP contribution in [0.15, 0.2) is 11.6 Å². The molecule has 2 aromatic rings. The molecule has 0 aliphatic rings. The lowest BCUT2D eigenvalue weighted by atomic mass is 10.4. The Bertz CT molecular complexity index is 444. The number of nitrogens with zero attached hydrogens (tertiary/aromatic N) is 4. The van der Waals surface area contributed by atoms with Crippen molar-refractivity contribution < 1.29 is 4.74 Å². The van der Waals surface area contributed by atoms with Gasteiger partial charge in [-0.25, -0.2) is 4.98 Å². The summed E-state index contributed by atoms with van der Waals surface area (Å²) in [5.41, 5.74) is 5.50. The molecule has 0 radical (unpaired) electrons. The number of methoxy groups -OCH3 is 1. The highest BCUT2D eigenvalue weighted by Gasteiger charge is 2.06. The molecule has 0 saturated carbocycles. The summed E-state index contributed by atoms with van der Waals surface area (Å²) in [5.74, 6) is 0.725. The highest BCUT2D eigenvalue weighted by molar-refractivity contribution is 7.09. The number of nitrogens with two attached hydrogens (primary N) is 1. The third kappa shape index (κ3) is 2.38. The second-order valence-electron chi connectivity index (χ2n) is 2.70. The molecule has 78 valence electrons. The van der Waals surface area contributed by atoms with Gasteiger partial charge in [0.1, 0.15) is 10.8 Å². The molecule has 0 bridgehead atoms. The minimum absolute atomic E-state index is 0.161. The van der Waals surface area contributed by atoms with Crippen LogP contribution in [0.3, 0.4) is 0 Å². The standard InChI is InChI=1S/C8H9N5OS/c1-14-8-12-5(11-7(9)13-8)4-6-10-2-3-15-6/h2-3H,4H2,1H3,(H2,9,11,12,13). The number of nitrogen functional groups attached to an aromatic ring is 1. The third-order valence-corrected chi connectivity index (χ3v) is 2.43. The first-order valence-corrected chi connectivity index (χ1v) is 5.08. The van der Waals surface area contributed by atoms with Crippen LogP contribution in [0.4, 0.5) is 5.95 Å². The zero-order valence-electron chi connectivity index (χ0n) is 8.04. The minimum atomic E-state index is 0.161.